The van der Waals surface area contributed by atoms with E-state index in [1.165, 1.54) is 0 Å². The van der Waals surface area contributed by atoms with Crippen molar-refractivity contribution in [1.82, 2.24) is 0 Å². The highest BCUT2D eigenvalue weighted by molar-refractivity contribution is 9.10. The summed E-state index contributed by atoms with van der Waals surface area (Å²) in [6.45, 7) is -1.10. The quantitative estimate of drug-likeness (QED) is 0.862. The zero-order chi connectivity index (χ0) is 13.9. The van der Waals surface area contributed by atoms with E-state index in [0.29, 0.717) is 0 Å². The summed E-state index contributed by atoms with van der Waals surface area (Å²) in [4.78, 5) is 10.2. The van der Waals surface area contributed by atoms with Crippen molar-refractivity contribution in [3.05, 3.63) is 34.1 Å². The molecule has 0 amide bonds. The molecule has 3 nitrogen and oxygen atoms in total. The predicted molar refractivity (Wildman–Crippen MR) is 56.5 cm³/mol. The van der Waals surface area contributed by atoms with Gasteiger partial charge in [-0.1, -0.05) is 6.07 Å². The smallest absolute Gasteiger partial charge is 0.418 e. The number of aliphatic carboxylic acids is 1. The van der Waals surface area contributed by atoms with Crippen LogP contribution in [-0.2, 0) is 9.53 Å². The predicted octanol–water partition coefficient (Wildman–Crippen LogP) is 3.29. The first-order valence-electron chi connectivity index (χ1n) is 4.57. The fourth-order valence-corrected chi connectivity index (χ4v) is 1.61. The second-order valence-corrected chi connectivity index (χ2v) is 4.15. The molecule has 0 fully saturated rings. The number of hydrogen-bond acceptors (Lipinski definition) is 2. The minimum absolute atomic E-state index is 0.159. The van der Waals surface area contributed by atoms with Crippen LogP contribution in [0.3, 0.4) is 0 Å². The topological polar surface area (TPSA) is 46.5 Å². The zero-order valence-electron chi connectivity index (χ0n) is 8.67. The maximum Gasteiger partial charge on any atom is 0.418 e. The lowest BCUT2D eigenvalue weighted by Crippen LogP contribution is -2.26. The van der Waals surface area contributed by atoms with Gasteiger partial charge in [-0.3, -0.25) is 0 Å². The molecule has 0 spiro atoms. The fourth-order valence-electron chi connectivity index (χ4n) is 1.21. The molecule has 0 heterocycles. The second-order valence-electron chi connectivity index (χ2n) is 3.30. The van der Waals surface area contributed by atoms with Crippen LogP contribution in [0, 0.1) is 5.82 Å². The zero-order valence-corrected chi connectivity index (χ0v) is 10.3. The summed E-state index contributed by atoms with van der Waals surface area (Å²) in [6.07, 6.45) is -7.20. The van der Waals surface area contributed by atoms with Crippen LogP contribution < -0.4 is 0 Å². The van der Waals surface area contributed by atoms with Crippen LogP contribution in [-0.4, -0.2) is 23.9 Å². The van der Waals surface area contributed by atoms with Gasteiger partial charge in [0.15, 0.2) is 6.10 Å². The van der Waals surface area contributed by atoms with Gasteiger partial charge in [-0.05, 0) is 33.6 Å². The molecule has 1 aromatic carbocycles. The molecule has 0 aliphatic heterocycles. The highest BCUT2D eigenvalue weighted by Crippen LogP contribution is 2.36. The molecular formula is C10H7BrF4O3. The molecule has 0 radical (unpaired) electrons. The standard InChI is InChI=1S/C10H7BrF4O3/c11-6-3-5(1-2-7(6)12)9(10(13,14)15)18-4-8(16)17/h1-3,9H,4H2,(H,16,17)/t9-/m0/s1. The minimum Gasteiger partial charge on any atom is -0.480 e. The lowest BCUT2D eigenvalue weighted by Gasteiger charge is -2.20. The van der Waals surface area contributed by atoms with Crippen molar-refractivity contribution in [2.45, 2.75) is 12.3 Å². The Kier molecular flexibility index (Phi) is 4.69. The molecule has 0 saturated carbocycles. The summed E-state index contributed by atoms with van der Waals surface area (Å²) in [5, 5.41) is 8.31. The summed E-state index contributed by atoms with van der Waals surface area (Å²) < 4.78 is 55.0. The largest absolute Gasteiger partial charge is 0.480 e. The Morgan fingerprint density at radius 2 is 2.06 bits per heavy atom. The summed E-state index contributed by atoms with van der Waals surface area (Å²) in [7, 11) is 0. The van der Waals surface area contributed by atoms with Gasteiger partial charge in [0, 0.05) is 0 Å². The van der Waals surface area contributed by atoms with Gasteiger partial charge in [0.25, 0.3) is 0 Å². The summed E-state index contributed by atoms with van der Waals surface area (Å²) in [6, 6.07) is 2.62. The van der Waals surface area contributed by atoms with E-state index in [4.69, 9.17) is 5.11 Å². The first kappa shape index (κ1) is 14.9. The van der Waals surface area contributed by atoms with E-state index in [1.54, 1.807) is 0 Å². The van der Waals surface area contributed by atoms with Crippen molar-refractivity contribution in [2.75, 3.05) is 6.61 Å². The maximum absolute atomic E-state index is 12.9. The Morgan fingerprint density at radius 3 is 2.50 bits per heavy atom. The van der Waals surface area contributed by atoms with Crippen molar-refractivity contribution in [3.63, 3.8) is 0 Å². The SMILES string of the molecule is O=C(O)CO[C@@H](c1ccc(F)c(Br)c1)C(F)(F)F. The van der Waals surface area contributed by atoms with Crippen LogP contribution in [0.5, 0.6) is 0 Å². The van der Waals surface area contributed by atoms with Gasteiger partial charge in [-0.25, -0.2) is 9.18 Å². The second kappa shape index (κ2) is 5.66. The maximum atomic E-state index is 12.9. The van der Waals surface area contributed by atoms with Gasteiger partial charge in [-0.15, -0.1) is 0 Å². The molecule has 1 rings (SSSR count). The molecule has 0 saturated heterocycles. The van der Waals surface area contributed by atoms with Gasteiger partial charge in [0.1, 0.15) is 12.4 Å². The van der Waals surface area contributed by atoms with Crippen LogP contribution in [0.15, 0.2) is 22.7 Å². The highest BCUT2D eigenvalue weighted by Gasteiger charge is 2.42. The number of halogens is 5. The number of carbonyl (C=O) groups is 1. The fraction of sp³-hybridized carbons (Fsp3) is 0.300. The normalized spacial score (nSPS) is 13.4. The molecule has 100 valence electrons. The molecule has 1 N–H and O–H groups in total. The third kappa shape index (κ3) is 3.95. The Morgan fingerprint density at radius 1 is 1.44 bits per heavy atom. The van der Waals surface area contributed by atoms with Crippen molar-refractivity contribution < 1.29 is 32.2 Å². The van der Waals surface area contributed by atoms with Gasteiger partial charge >= 0.3 is 12.1 Å². The average molecular weight is 331 g/mol. The first-order valence-corrected chi connectivity index (χ1v) is 5.36. The van der Waals surface area contributed by atoms with Crippen molar-refractivity contribution in [3.8, 4) is 0 Å². The van der Waals surface area contributed by atoms with Crippen LogP contribution in [0.1, 0.15) is 11.7 Å². The number of alkyl halides is 3. The van der Waals surface area contributed by atoms with E-state index < -0.39 is 30.7 Å². The number of ether oxygens (including phenoxy) is 1. The molecule has 18 heavy (non-hydrogen) atoms. The van der Waals surface area contributed by atoms with Crippen LogP contribution in [0.2, 0.25) is 0 Å². The molecule has 8 heteroatoms. The third-order valence-corrected chi connectivity index (χ3v) is 2.52. The lowest BCUT2D eigenvalue weighted by atomic mass is 10.1. The van der Waals surface area contributed by atoms with Crippen LogP contribution in [0.25, 0.3) is 0 Å². The molecule has 0 unspecified atom stereocenters. The molecule has 0 aliphatic rings. The van der Waals surface area contributed by atoms with E-state index in [2.05, 4.69) is 20.7 Å². The summed E-state index contributed by atoms with van der Waals surface area (Å²) in [5.41, 5.74) is -0.378. The molecule has 0 aliphatic carbocycles. The summed E-state index contributed by atoms with van der Waals surface area (Å²) in [5.74, 6) is -2.25. The van der Waals surface area contributed by atoms with Gasteiger partial charge < -0.3 is 9.84 Å². The molecular weight excluding hydrogens is 324 g/mol. The first-order chi connectivity index (χ1) is 8.21. The number of carboxylic acids is 1. The van der Waals surface area contributed by atoms with Gasteiger partial charge in [0.05, 0.1) is 4.47 Å². The van der Waals surface area contributed by atoms with Crippen LogP contribution >= 0.6 is 15.9 Å². The van der Waals surface area contributed by atoms with E-state index >= 15 is 0 Å². The number of rotatable bonds is 4. The number of carboxylic acid groups (broad SMARTS) is 1. The average Bonchev–Trinajstić information content (AvgIpc) is 2.21. The van der Waals surface area contributed by atoms with E-state index in [0.717, 1.165) is 18.2 Å². The van der Waals surface area contributed by atoms with Gasteiger partial charge in [-0.2, -0.15) is 13.2 Å². The Labute approximate surface area is 107 Å². The van der Waals surface area contributed by atoms with E-state index in [-0.39, 0.29) is 10.0 Å². The molecule has 0 aromatic heterocycles. The lowest BCUT2D eigenvalue weighted by molar-refractivity contribution is -0.225. The monoisotopic (exact) mass is 330 g/mol. The van der Waals surface area contributed by atoms with Crippen molar-refractivity contribution >= 4 is 21.9 Å². The molecule has 1 atom stereocenters. The minimum atomic E-state index is -4.79. The number of benzene rings is 1. The van der Waals surface area contributed by atoms with E-state index in [1.807, 2.05) is 0 Å². The summed E-state index contributed by atoms with van der Waals surface area (Å²) >= 11 is 2.75. The molecule has 0 bridgehead atoms. The Balaban J connectivity index is 3.02. The third-order valence-electron chi connectivity index (χ3n) is 1.92. The van der Waals surface area contributed by atoms with Crippen molar-refractivity contribution in [2.24, 2.45) is 0 Å². The van der Waals surface area contributed by atoms with Crippen molar-refractivity contribution in [1.29, 1.82) is 0 Å². The number of hydrogen-bond donors (Lipinski definition) is 1. The van der Waals surface area contributed by atoms with Crippen LogP contribution in [0.4, 0.5) is 17.6 Å². The van der Waals surface area contributed by atoms with Gasteiger partial charge in [0.2, 0.25) is 0 Å². The Bertz CT molecular complexity index is 447. The highest BCUT2D eigenvalue weighted by atomic mass is 79.9. The van der Waals surface area contributed by atoms with E-state index in [9.17, 15) is 22.4 Å². The molecule has 1 aromatic rings. The Hall–Kier alpha value is -1.15.